The van der Waals surface area contributed by atoms with Crippen molar-refractivity contribution in [2.24, 2.45) is 0 Å². The Labute approximate surface area is 122 Å². The smallest absolute Gasteiger partial charge is 0.221 e. The molecule has 0 unspecified atom stereocenters. The molecule has 1 amide bonds. The van der Waals surface area contributed by atoms with E-state index in [2.05, 4.69) is 15.3 Å². The van der Waals surface area contributed by atoms with Gasteiger partial charge in [-0.25, -0.2) is 9.97 Å². The van der Waals surface area contributed by atoms with Crippen molar-refractivity contribution in [3.63, 3.8) is 0 Å². The van der Waals surface area contributed by atoms with Crippen LogP contribution in [0, 0.1) is 6.92 Å². The average molecular weight is 288 g/mol. The van der Waals surface area contributed by atoms with Crippen LogP contribution in [0.25, 0.3) is 0 Å². The number of carbonyl (C=O) groups is 1. The highest BCUT2D eigenvalue weighted by Crippen LogP contribution is 2.23. The number of nitrogen functional groups attached to an aromatic ring is 1. The van der Waals surface area contributed by atoms with Gasteiger partial charge in [0, 0.05) is 29.3 Å². The molecule has 6 heteroatoms. The summed E-state index contributed by atoms with van der Waals surface area (Å²) in [5, 5.41) is 2.73. The minimum atomic E-state index is -0.0750. The normalized spacial score (nSPS) is 10.3. The number of anilines is 2. The molecular formula is C14H16N4OS. The second kappa shape index (κ2) is 6.38. The first-order valence-corrected chi connectivity index (χ1v) is 7.12. The fourth-order valence-corrected chi connectivity index (χ4v) is 2.46. The highest BCUT2D eigenvalue weighted by Gasteiger charge is 2.02. The van der Waals surface area contributed by atoms with Gasteiger partial charge in [0.15, 0.2) is 0 Å². The number of carbonyl (C=O) groups excluding carboxylic acids is 1. The number of aryl methyl sites for hydroxylation is 1. The van der Waals surface area contributed by atoms with Gasteiger partial charge in [-0.15, -0.1) is 11.8 Å². The molecule has 2 aromatic rings. The molecule has 0 aliphatic heterocycles. The Morgan fingerprint density at radius 3 is 2.60 bits per heavy atom. The number of rotatable bonds is 4. The van der Waals surface area contributed by atoms with E-state index >= 15 is 0 Å². The van der Waals surface area contributed by atoms with Gasteiger partial charge in [0.1, 0.15) is 11.6 Å². The van der Waals surface area contributed by atoms with Crippen molar-refractivity contribution < 1.29 is 4.79 Å². The Balaban J connectivity index is 1.98. The van der Waals surface area contributed by atoms with Crippen LogP contribution in [0.5, 0.6) is 0 Å². The molecule has 0 fully saturated rings. The van der Waals surface area contributed by atoms with Crippen molar-refractivity contribution >= 4 is 29.2 Å². The van der Waals surface area contributed by atoms with E-state index in [1.165, 1.54) is 6.92 Å². The minimum Gasteiger partial charge on any atom is -0.384 e. The van der Waals surface area contributed by atoms with Crippen molar-refractivity contribution in [1.29, 1.82) is 0 Å². The first-order chi connectivity index (χ1) is 9.52. The Morgan fingerprint density at radius 2 is 2.00 bits per heavy atom. The Morgan fingerprint density at radius 1 is 1.30 bits per heavy atom. The number of nitrogens with two attached hydrogens (primary N) is 1. The lowest BCUT2D eigenvalue weighted by Gasteiger charge is -2.05. The highest BCUT2D eigenvalue weighted by atomic mass is 32.2. The van der Waals surface area contributed by atoms with E-state index < -0.39 is 0 Å². The van der Waals surface area contributed by atoms with Crippen molar-refractivity contribution in [3.8, 4) is 0 Å². The van der Waals surface area contributed by atoms with E-state index in [-0.39, 0.29) is 5.91 Å². The molecule has 0 saturated heterocycles. The van der Waals surface area contributed by atoms with Gasteiger partial charge in [0.05, 0.1) is 5.75 Å². The summed E-state index contributed by atoms with van der Waals surface area (Å²) in [4.78, 5) is 20.5. The van der Waals surface area contributed by atoms with Crippen molar-refractivity contribution in [2.75, 3.05) is 11.1 Å². The van der Waals surface area contributed by atoms with Gasteiger partial charge in [-0.2, -0.15) is 0 Å². The summed E-state index contributed by atoms with van der Waals surface area (Å²) < 4.78 is 0. The maximum Gasteiger partial charge on any atom is 0.221 e. The monoisotopic (exact) mass is 288 g/mol. The molecule has 1 aromatic carbocycles. The third-order valence-corrected chi connectivity index (χ3v) is 3.47. The van der Waals surface area contributed by atoms with Crippen molar-refractivity contribution in [1.82, 2.24) is 9.97 Å². The molecule has 0 saturated carbocycles. The molecular weight excluding hydrogens is 272 g/mol. The molecule has 0 spiro atoms. The molecule has 0 atom stereocenters. The maximum atomic E-state index is 10.9. The molecule has 0 bridgehead atoms. The van der Waals surface area contributed by atoms with E-state index in [4.69, 9.17) is 5.73 Å². The molecule has 1 aromatic heterocycles. The second-order valence-electron chi connectivity index (χ2n) is 4.34. The van der Waals surface area contributed by atoms with Gasteiger partial charge in [0.25, 0.3) is 0 Å². The van der Waals surface area contributed by atoms with Gasteiger partial charge < -0.3 is 11.1 Å². The highest BCUT2D eigenvalue weighted by molar-refractivity contribution is 7.98. The predicted octanol–water partition coefficient (Wildman–Crippen LogP) is 2.62. The van der Waals surface area contributed by atoms with Crippen molar-refractivity contribution in [3.05, 3.63) is 41.9 Å². The minimum absolute atomic E-state index is 0.0750. The zero-order chi connectivity index (χ0) is 14.5. The summed E-state index contributed by atoms with van der Waals surface area (Å²) in [7, 11) is 0. The number of hydrogen-bond donors (Lipinski definition) is 2. The zero-order valence-corrected chi connectivity index (χ0v) is 12.2. The lowest BCUT2D eigenvalue weighted by atomic mass is 10.3. The molecule has 3 N–H and O–H groups in total. The third kappa shape index (κ3) is 4.24. The average Bonchev–Trinajstić information content (AvgIpc) is 2.36. The van der Waals surface area contributed by atoms with Gasteiger partial charge >= 0.3 is 0 Å². The third-order valence-electron chi connectivity index (χ3n) is 2.46. The van der Waals surface area contributed by atoms with Crippen LogP contribution in [-0.4, -0.2) is 15.9 Å². The molecule has 0 radical (unpaired) electrons. The second-order valence-corrected chi connectivity index (χ2v) is 5.39. The van der Waals surface area contributed by atoms with Crippen LogP contribution >= 0.6 is 11.8 Å². The van der Waals surface area contributed by atoms with Crippen LogP contribution in [0.1, 0.15) is 18.4 Å². The van der Waals surface area contributed by atoms with Gasteiger partial charge in [-0.3, -0.25) is 4.79 Å². The van der Waals surface area contributed by atoms with E-state index in [9.17, 15) is 4.79 Å². The molecule has 2 rings (SSSR count). The Kier molecular flexibility index (Phi) is 4.57. The lowest BCUT2D eigenvalue weighted by Crippen LogP contribution is -2.05. The number of nitrogens with one attached hydrogen (secondary N) is 1. The predicted molar refractivity (Wildman–Crippen MR) is 81.5 cm³/mol. The zero-order valence-electron chi connectivity index (χ0n) is 11.4. The quantitative estimate of drug-likeness (QED) is 0.845. The lowest BCUT2D eigenvalue weighted by molar-refractivity contribution is -0.114. The number of hydrogen-bond acceptors (Lipinski definition) is 5. The van der Waals surface area contributed by atoms with Crippen LogP contribution in [0.15, 0.2) is 35.2 Å². The molecule has 0 aliphatic carbocycles. The van der Waals surface area contributed by atoms with E-state index in [1.807, 2.05) is 31.2 Å². The first kappa shape index (κ1) is 14.3. The van der Waals surface area contributed by atoms with Gasteiger partial charge in [-0.1, -0.05) is 0 Å². The summed E-state index contributed by atoms with van der Waals surface area (Å²) in [5.74, 6) is 1.80. The van der Waals surface area contributed by atoms with Crippen LogP contribution in [-0.2, 0) is 10.5 Å². The number of amides is 1. The van der Waals surface area contributed by atoms with E-state index in [0.29, 0.717) is 11.6 Å². The number of thioether (sulfide) groups is 1. The van der Waals surface area contributed by atoms with Gasteiger partial charge in [-0.05, 0) is 31.2 Å². The maximum absolute atomic E-state index is 10.9. The summed E-state index contributed by atoms with van der Waals surface area (Å²) >= 11 is 1.63. The van der Waals surface area contributed by atoms with Crippen LogP contribution in [0.4, 0.5) is 11.5 Å². The Bertz CT molecular complexity index is 593. The molecule has 0 aliphatic rings. The molecule has 5 nitrogen and oxygen atoms in total. The molecule has 104 valence electrons. The van der Waals surface area contributed by atoms with E-state index in [1.54, 1.807) is 17.8 Å². The summed E-state index contributed by atoms with van der Waals surface area (Å²) in [6.45, 7) is 3.39. The first-order valence-electron chi connectivity index (χ1n) is 6.13. The largest absolute Gasteiger partial charge is 0.384 e. The standard InChI is InChI=1S/C14H16N4OS/c1-9-7-13(15)18-14(16-9)8-20-12-5-3-11(4-6-12)17-10(2)19/h3-7H,8H2,1-2H3,(H,17,19)(H2,15,16,18). The number of aromatic nitrogens is 2. The van der Waals surface area contributed by atoms with Crippen LogP contribution in [0.3, 0.4) is 0 Å². The summed E-state index contributed by atoms with van der Waals surface area (Å²) in [5.41, 5.74) is 7.35. The number of benzene rings is 1. The number of nitrogens with zero attached hydrogens (tertiary/aromatic N) is 2. The van der Waals surface area contributed by atoms with Crippen LogP contribution < -0.4 is 11.1 Å². The molecule has 20 heavy (non-hydrogen) atoms. The van der Waals surface area contributed by atoms with E-state index in [0.717, 1.165) is 22.1 Å². The summed E-state index contributed by atoms with van der Waals surface area (Å²) in [6, 6.07) is 9.39. The Hall–Kier alpha value is -2.08. The van der Waals surface area contributed by atoms with Gasteiger partial charge in [0.2, 0.25) is 5.91 Å². The van der Waals surface area contributed by atoms with Crippen molar-refractivity contribution in [2.45, 2.75) is 24.5 Å². The fourth-order valence-electron chi connectivity index (χ4n) is 1.71. The van der Waals surface area contributed by atoms with Crippen LogP contribution in [0.2, 0.25) is 0 Å². The topological polar surface area (TPSA) is 80.9 Å². The fraction of sp³-hybridized carbons (Fsp3) is 0.214. The SMILES string of the molecule is CC(=O)Nc1ccc(SCc2nc(C)cc(N)n2)cc1. The molecule has 1 heterocycles. The summed E-state index contributed by atoms with van der Waals surface area (Å²) in [6.07, 6.45) is 0.